The van der Waals surface area contributed by atoms with Crippen LogP contribution >= 0.6 is 23.2 Å². The summed E-state index contributed by atoms with van der Waals surface area (Å²) in [5.41, 5.74) is 2.45. The highest BCUT2D eigenvalue weighted by atomic mass is 35.5. The van der Waals surface area contributed by atoms with Crippen LogP contribution in [0.2, 0.25) is 10.0 Å². The van der Waals surface area contributed by atoms with Crippen molar-refractivity contribution >= 4 is 50.7 Å². The van der Waals surface area contributed by atoms with E-state index < -0.39 is 28.5 Å². The summed E-state index contributed by atoms with van der Waals surface area (Å²) >= 11 is 12.5. The van der Waals surface area contributed by atoms with Gasteiger partial charge in [-0.25, -0.2) is 8.42 Å². The number of anilines is 1. The number of halogens is 2. The number of hydrogen-bond donors (Lipinski definition) is 1. The first kappa shape index (κ1) is 34.0. The molecule has 2 amide bonds. The molecule has 7 nitrogen and oxygen atoms in total. The SMILES string of the molecule is CCCCNC(=O)C(Cc1ccccc1)N(Cc1cccc(Cl)c1)C(=O)CN(c1ccc(Cl)cc1C)S(=O)(=O)c1ccccc1. The Morgan fingerprint density at radius 3 is 2.11 bits per heavy atom. The second kappa shape index (κ2) is 15.9. The molecule has 0 fully saturated rings. The number of hydrogen-bond acceptors (Lipinski definition) is 4. The average molecular weight is 667 g/mol. The molecule has 1 unspecified atom stereocenters. The quantitative estimate of drug-likeness (QED) is 0.146. The summed E-state index contributed by atoms with van der Waals surface area (Å²) in [4.78, 5) is 29.8. The zero-order valence-corrected chi connectivity index (χ0v) is 27.7. The Balaban J connectivity index is 1.81. The van der Waals surface area contributed by atoms with Crippen LogP contribution in [-0.2, 0) is 32.6 Å². The van der Waals surface area contributed by atoms with Gasteiger partial charge in [0.25, 0.3) is 10.0 Å². The lowest BCUT2D eigenvalue weighted by molar-refractivity contribution is -0.140. The molecule has 0 aromatic heterocycles. The molecule has 0 radical (unpaired) electrons. The molecule has 45 heavy (non-hydrogen) atoms. The molecule has 0 spiro atoms. The van der Waals surface area contributed by atoms with E-state index in [0.29, 0.717) is 33.4 Å². The van der Waals surface area contributed by atoms with E-state index in [1.165, 1.54) is 17.0 Å². The van der Waals surface area contributed by atoms with Crippen LogP contribution in [0.15, 0.2) is 108 Å². The molecule has 0 bridgehead atoms. The number of nitrogens with one attached hydrogen (secondary N) is 1. The van der Waals surface area contributed by atoms with E-state index in [-0.39, 0.29) is 23.8 Å². The van der Waals surface area contributed by atoms with Crippen molar-refractivity contribution in [3.63, 3.8) is 0 Å². The molecule has 10 heteroatoms. The van der Waals surface area contributed by atoms with Crippen molar-refractivity contribution in [3.8, 4) is 0 Å². The van der Waals surface area contributed by atoms with E-state index in [4.69, 9.17) is 23.2 Å². The molecule has 4 aromatic rings. The Labute approximate surface area is 275 Å². The van der Waals surface area contributed by atoms with Gasteiger partial charge in [0.1, 0.15) is 12.6 Å². The van der Waals surface area contributed by atoms with Crippen molar-refractivity contribution in [1.29, 1.82) is 0 Å². The lowest BCUT2D eigenvalue weighted by atomic mass is 10.0. The van der Waals surface area contributed by atoms with E-state index in [1.807, 2.05) is 43.3 Å². The number of rotatable bonds is 14. The molecular weight excluding hydrogens is 629 g/mol. The van der Waals surface area contributed by atoms with E-state index in [9.17, 15) is 18.0 Å². The molecule has 236 valence electrons. The van der Waals surface area contributed by atoms with Gasteiger partial charge in [0.2, 0.25) is 11.8 Å². The van der Waals surface area contributed by atoms with Crippen molar-refractivity contribution < 1.29 is 18.0 Å². The number of unbranched alkanes of at least 4 members (excludes halogenated alkanes) is 1. The maximum atomic E-state index is 14.5. The van der Waals surface area contributed by atoms with E-state index in [0.717, 1.165) is 22.7 Å². The molecule has 0 aliphatic rings. The second-order valence-corrected chi connectivity index (χ2v) is 13.5. The third-order valence-corrected chi connectivity index (χ3v) is 9.62. The zero-order valence-electron chi connectivity index (χ0n) is 25.3. The lowest BCUT2D eigenvalue weighted by Crippen LogP contribution is -2.53. The van der Waals surface area contributed by atoms with Gasteiger partial charge in [-0.2, -0.15) is 0 Å². The molecule has 4 rings (SSSR count). The number of sulfonamides is 1. The van der Waals surface area contributed by atoms with Gasteiger partial charge >= 0.3 is 0 Å². The van der Waals surface area contributed by atoms with Gasteiger partial charge in [-0.1, -0.05) is 97.2 Å². The second-order valence-electron chi connectivity index (χ2n) is 10.8. The Hall–Kier alpha value is -3.85. The molecule has 0 aliphatic heterocycles. The van der Waals surface area contributed by atoms with Crippen LogP contribution in [-0.4, -0.2) is 44.3 Å². The van der Waals surface area contributed by atoms with Crippen LogP contribution in [0.3, 0.4) is 0 Å². The maximum absolute atomic E-state index is 14.5. The monoisotopic (exact) mass is 665 g/mol. The number of nitrogens with zero attached hydrogens (tertiary/aromatic N) is 2. The topological polar surface area (TPSA) is 86.8 Å². The minimum Gasteiger partial charge on any atom is -0.354 e. The summed E-state index contributed by atoms with van der Waals surface area (Å²) in [5, 5.41) is 3.91. The number of carbonyl (C=O) groups excluding carboxylic acids is 2. The third kappa shape index (κ3) is 9.10. The minimum absolute atomic E-state index is 0.0340. The Kier molecular flexibility index (Phi) is 12.0. The highest BCUT2D eigenvalue weighted by Gasteiger charge is 2.35. The summed E-state index contributed by atoms with van der Waals surface area (Å²) in [6.45, 7) is 3.72. The Morgan fingerprint density at radius 1 is 0.822 bits per heavy atom. The average Bonchev–Trinajstić information content (AvgIpc) is 3.03. The number of benzene rings is 4. The van der Waals surface area contributed by atoms with Crippen molar-refractivity contribution in [2.24, 2.45) is 0 Å². The molecule has 4 aromatic carbocycles. The van der Waals surface area contributed by atoms with Gasteiger partial charge in [-0.05, 0) is 72.5 Å². The summed E-state index contributed by atoms with van der Waals surface area (Å²) in [5.74, 6) is -0.863. The number of aryl methyl sites for hydroxylation is 1. The van der Waals surface area contributed by atoms with Crippen molar-refractivity contribution in [1.82, 2.24) is 10.2 Å². The highest BCUT2D eigenvalue weighted by Crippen LogP contribution is 2.29. The smallest absolute Gasteiger partial charge is 0.264 e. The highest BCUT2D eigenvalue weighted by molar-refractivity contribution is 7.92. The first-order valence-electron chi connectivity index (χ1n) is 14.8. The normalized spacial score (nSPS) is 11.9. The predicted octanol–water partition coefficient (Wildman–Crippen LogP) is 7.05. The van der Waals surface area contributed by atoms with Gasteiger partial charge in [-0.15, -0.1) is 0 Å². The first-order valence-corrected chi connectivity index (χ1v) is 17.0. The van der Waals surface area contributed by atoms with Gasteiger partial charge in [-0.3, -0.25) is 13.9 Å². The summed E-state index contributed by atoms with van der Waals surface area (Å²) < 4.78 is 29.3. The number of amides is 2. The summed E-state index contributed by atoms with van der Waals surface area (Å²) in [7, 11) is -4.20. The van der Waals surface area contributed by atoms with Crippen LogP contribution in [0, 0.1) is 6.92 Å². The Morgan fingerprint density at radius 2 is 1.47 bits per heavy atom. The standard InChI is InChI=1S/C35H37Cl2N3O4S/c1-3-4-20-38-35(42)33(23-27-12-7-5-8-13-27)39(24-28-14-11-15-29(36)22-28)34(41)25-40(32-19-18-30(37)21-26(32)2)45(43,44)31-16-9-6-10-17-31/h5-19,21-22,33H,3-4,20,23-25H2,1-2H3,(H,38,42). The molecule has 1 atom stereocenters. The van der Waals surface area contributed by atoms with Gasteiger partial charge < -0.3 is 10.2 Å². The largest absolute Gasteiger partial charge is 0.354 e. The van der Waals surface area contributed by atoms with Gasteiger partial charge in [0, 0.05) is 29.6 Å². The van der Waals surface area contributed by atoms with Crippen LogP contribution in [0.4, 0.5) is 5.69 Å². The molecule has 0 heterocycles. The van der Waals surface area contributed by atoms with Gasteiger partial charge in [0.05, 0.1) is 10.6 Å². The van der Waals surface area contributed by atoms with Crippen LogP contribution < -0.4 is 9.62 Å². The fraction of sp³-hybridized carbons (Fsp3) is 0.257. The predicted molar refractivity (Wildman–Crippen MR) is 181 cm³/mol. The molecular formula is C35H37Cl2N3O4S. The van der Waals surface area contributed by atoms with E-state index >= 15 is 0 Å². The molecule has 0 saturated carbocycles. The fourth-order valence-corrected chi connectivity index (χ4v) is 6.96. The third-order valence-electron chi connectivity index (χ3n) is 7.38. The molecule has 0 saturated heterocycles. The summed E-state index contributed by atoms with van der Waals surface area (Å²) in [6.07, 6.45) is 1.91. The zero-order chi connectivity index (χ0) is 32.4. The van der Waals surface area contributed by atoms with E-state index in [1.54, 1.807) is 61.5 Å². The van der Waals surface area contributed by atoms with Crippen LogP contribution in [0.1, 0.15) is 36.5 Å². The Bertz CT molecular complexity index is 1700. The van der Waals surface area contributed by atoms with Gasteiger partial charge in [0.15, 0.2) is 0 Å². The molecule has 1 N–H and O–H groups in total. The lowest BCUT2D eigenvalue weighted by Gasteiger charge is -2.34. The first-order chi connectivity index (χ1) is 21.6. The van der Waals surface area contributed by atoms with Crippen molar-refractivity contribution in [2.75, 3.05) is 17.4 Å². The van der Waals surface area contributed by atoms with E-state index in [2.05, 4.69) is 5.32 Å². The van der Waals surface area contributed by atoms with Crippen LogP contribution in [0.5, 0.6) is 0 Å². The fourth-order valence-electron chi connectivity index (χ4n) is 5.02. The molecule has 0 aliphatic carbocycles. The van der Waals surface area contributed by atoms with Crippen molar-refractivity contribution in [2.45, 2.75) is 50.6 Å². The van der Waals surface area contributed by atoms with Crippen molar-refractivity contribution in [3.05, 3.63) is 130 Å². The number of carbonyl (C=O) groups is 2. The maximum Gasteiger partial charge on any atom is 0.264 e. The summed E-state index contributed by atoms with van der Waals surface area (Å²) in [6, 6.07) is 28.4. The minimum atomic E-state index is -4.20. The van der Waals surface area contributed by atoms with Crippen LogP contribution in [0.25, 0.3) is 0 Å².